The predicted molar refractivity (Wildman–Crippen MR) is 75.3 cm³/mol. The molecule has 0 saturated carbocycles. The van der Waals surface area contributed by atoms with Crippen LogP contribution < -0.4 is 16.0 Å². The van der Waals surface area contributed by atoms with Gasteiger partial charge in [-0.25, -0.2) is 4.98 Å². The summed E-state index contributed by atoms with van der Waals surface area (Å²) < 4.78 is 5.29. The predicted octanol–water partition coefficient (Wildman–Crippen LogP) is 1.98. The average Bonchev–Trinajstić information content (AvgIpc) is 2.38. The zero-order chi connectivity index (χ0) is 13.8. The van der Waals surface area contributed by atoms with Crippen LogP contribution in [-0.4, -0.2) is 17.1 Å². The van der Waals surface area contributed by atoms with Gasteiger partial charge in [0.15, 0.2) is 0 Å². The monoisotopic (exact) mass is 259 g/mol. The van der Waals surface area contributed by atoms with E-state index < -0.39 is 0 Å². The zero-order valence-corrected chi connectivity index (χ0v) is 11.1. The fourth-order valence-corrected chi connectivity index (χ4v) is 1.93. The average molecular weight is 259 g/mol. The van der Waals surface area contributed by atoms with Crippen LogP contribution in [0.4, 0.5) is 5.69 Å². The van der Waals surface area contributed by atoms with E-state index in [-0.39, 0.29) is 5.56 Å². The summed E-state index contributed by atoms with van der Waals surface area (Å²) in [5, 5.41) is 0. The number of nitrogens with one attached hydrogen (secondary N) is 1. The number of methoxy groups -OCH3 is 1. The van der Waals surface area contributed by atoms with Gasteiger partial charge in [-0.3, -0.25) is 4.79 Å². The van der Waals surface area contributed by atoms with E-state index in [1.165, 1.54) is 6.07 Å². The number of benzene rings is 1. The SMILES string of the molecule is CCCc1nc(-c2cc(N)ccc2OC)cc(=O)[nH]1. The van der Waals surface area contributed by atoms with Crippen molar-refractivity contribution in [3.05, 3.63) is 40.4 Å². The number of H-pyrrole nitrogens is 1. The lowest BCUT2D eigenvalue weighted by molar-refractivity contribution is 0.416. The Kier molecular flexibility index (Phi) is 3.85. The molecule has 0 spiro atoms. The van der Waals surface area contributed by atoms with Crippen LogP contribution in [0.1, 0.15) is 19.2 Å². The minimum atomic E-state index is -0.169. The Bertz CT molecular complexity index is 635. The molecule has 0 radical (unpaired) electrons. The molecule has 2 aromatic rings. The molecular weight excluding hydrogens is 242 g/mol. The maximum atomic E-state index is 11.7. The van der Waals surface area contributed by atoms with Gasteiger partial charge in [-0.05, 0) is 24.6 Å². The summed E-state index contributed by atoms with van der Waals surface area (Å²) in [6.07, 6.45) is 1.65. The van der Waals surface area contributed by atoms with Crippen molar-refractivity contribution in [2.24, 2.45) is 0 Å². The Labute approximate surface area is 111 Å². The highest BCUT2D eigenvalue weighted by Crippen LogP contribution is 2.29. The van der Waals surface area contributed by atoms with Crippen molar-refractivity contribution in [3.63, 3.8) is 0 Å². The Morgan fingerprint density at radius 3 is 2.84 bits per heavy atom. The van der Waals surface area contributed by atoms with Gasteiger partial charge < -0.3 is 15.5 Å². The lowest BCUT2D eigenvalue weighted by atomic mass is 10.1. The third-order valence-electron chi connectivity index (χ3n) is 2.78. The second kappa shape index (κ2) is 5.56. The minimum absolute atomic E-state index is 0.169. The number of hydrogen-bond donors (Lipinski definition) is 2. The second-order valence-electron chi connectivity index (χ2n) is 4.29. The van der Waals surface area contributed by atoms with Gasteiger partial charge in [0.1, 0.15) is 11.6 Å². The van der Waals surface area contributed by atoms with Crippen molar-refractivity contribution in [3.8, 4) is 17.0 Å². The first-order valence-corrected chi connectivity index (χ1v) is 6.18. The van der Waals surface area contributed by atoms with E-state index in [2.05, 4.69) is 9.97 Å². The van der Waals surface area contributed by atoms with Gasteiger partial charge in [-0.2, -0.15) is 0 Å². The van der Waals surface area contributed by atoms with Crippen molar-refractivity contribution in [1.82, 2.24) is 9.97 Å². The first-order chi connectivity index (χ1) is 9.13. The first-order valence-electron chi connectivity index (χ1n) is 6.18. The molecule has 5 heteroatoms. The molecule has 0 bridgehead atoms. The van der Waals surface area contributed by atoms with Crippen LogP contribution >= 0.6 is 0 Å². The third-order valence-corrected chi connectivity index (χ3v) is 2.78. The molecule has 0 aliphatic heterocycles. The Morgan fingerprint density at radius 1 is 1.37 bits per heavy atom. The molecule has 100 valence electrons. The highest BCUT2D eigenvalue weighted by Gasteiger charge is 2.10. The number of anilines is 1. The maximum absolute atomic E-state index is 11.7. The Balaban J connectivity index is 2.57. The van der Waals surface area contributed by atoms with E-state index in [1.807, 2.05) is 6.92 Å². The van der Waals surface area contributed by atoms with Crippen molar-refractivity contribution in [2.75, 3.05) is 12.8 Å². The summed E-state index contributed by atoms with van der Waals surface area (Å²) in [5.41, 5.74) is 7.53. The first kappa shape index (κ1) is 13.1. The number of nitrogens with zero attached hydrogens (tertiary/aromatic N) is 1. The molecule has 19 heavy (non-hydrogen) atoms. The number of hydrogen-bond acceptors (Lipinski definition) is 4. The van der Waals surface area contributed by atoms with E-state index in [0.29, 0.717) is 23.0 Å². The molecule has 0 aliphatic carbocycles. The molecule has 5 nitrogen and oxygen atoms in total. The van der Waals surface area contributed by atoms with E-state index in [4.69, 9.17) is 10.5 Å². The summed E-state index contributed by atoms with van der Waals surface area (Å²) in [6, 6.07) is 6.74. The molecule has 0 amide bonds. The summed E-state index contributed by atoms with van der Waals surface area (Å²) in [5.74, 6) is 1.32. The van der Waals surface area contributed by atoms with Crippen LogP contribution in [-0.2, 0) is 6.42 Å². The molecule has 0 saturated heterocycles. The fourth-order valence-electron chi connectivity index (χ4n) is 1.93. The number of aromatic nitrogens is 2. The van der Waals surface area contributed by atoms with Gasteiger partial charge in [-0.15, -0.1) is 0 Å². The Hall–Kier alpha value is -2.30. The summed E-state index contributed by atoms with van der Waals surface area (Å²) >= 11 is 0. The molecule has 0 fully saturated rings. The number of ether oxygens (including phenoxy) is 1. The van der Waals surface area contributed by atoms with E-state index in [0.717, 1.165) is 18.4 Å². The number of rotatable bonds is 4. The van der Waals surface area contributed by atoms with Crippen LogP contribution in [0.2, 0.25) is 0 Å². The standard InChI is InChI=1S/C14H17N3O2/c1-3-4-13-16-11(8-14(18)17-13)10-7-9(15)5-6-12(10)19-2/h5-8H,3-4,15H2,1-2H3,(H,16,17,18). The third kappa shape index (κ3) is 2.93. The van der Waals surface area contributed by atoms with Gasteiger partial charge in [0.05, 0.1) is 12.8 Å². The normalized spacial score (nSPS) is 10.4. The topological polar surface area (TPSA) is 81.0 Å². The largest absolute Gasteiger partial charge is 0.496 e. The fraction of sp³-hybridized carbons (Fsp3) is 0.286. The Morgan fingerprint density at radius 2 is 2.16 bits per heavy atom. The summed E-state index contributed by atoms with van der Waals surface area (Å²) in [4.78, 5) is 18.9. The van der Waals surface area contributed by atoms with Gasteiger partial charge in [0.2, 0.25) is 0 Å². The molecule has 0 atom stereocenters. The van der Waals surface area contributed by atoms with Gasteiger partial charge in [0, 0.05) is 23.7 Å². The lowest BCUT2D eigenvalue weighted by Crippen LogP contribution is -2.11. The number of nitrogen functional groups attached to an aromatic ring is 1. The van der Waals surface area contributed by atoms with Crippen LogP contribution in [0.3, 0.4) is 0 Å². The lowest BCUT2D eigenvalue weighted by Gasteiger charge is -2.09. The summed E-state index contributed by atoms with van der Waals surface area (Å²) in [6.45, 7) is 2.04. The molecule has 0 aliphatic rings. The molecule has 1 aromatic heterocycles. The number of nitrogens with two attached hydrogens (primary N) is 1. The second-order valence-corrected chi connectivity index (χ2v) is 4.29. The minimum Gasteiger partial charge on any atom is -0.496 e. The number of aromatic amines is 1. The highest BCUT2D eigenvalue weighted by atomic mass is 16.5. The molecule has 3 N–H and O–H groups in total. The van der Waals surface area contributed by atoms with Crippen molar-refractivity contribution in [2.45, 2.75) is 19.8 Å². The molecule has 2 rings (SSSR count). The zero-order valence-electron chi connectivity index (χ0n) is 11.1. The van der Waals surface area contributed by atoms with Gasteiger partial charge in [0.25, 0.3) is 5.56 Å². The smallest absolute Gasteiger partial charge is 0.251 e. The van der Waals surface area contributed by atoms with Crippen LogP contribution in [0.15, 0.2) is 29.1 Å². The van der Waals surface area contributed by atoms with E-state index in [9.17, 15) is 4.79 Å². The van der Waals surface area contributed by atoms with Crippen LogP contribution in [0.5, 0.6) is 5.75 Å². The number of aryl methyl sites for hydroxylation is 1. The van der Waals surface area contributed by atoms with Gasteiger partial charge in [-0.1, -0.05) is 6.92 Å². The quantitative estimate of drug-likeness (QED) is 0.823. The molecule has 1 aromatic carbocycles. The van der Waals surface area contributed by atoms with Crippen LogP contribution in [0.25, 0.3) is 11.3 Å². The van der Waals surface area contributed by atoms with Crippen molar-refractivity contribution < 1.29 is 4.74 Å². The van der Waals surface area contributed by atoms with E-state index in [1.54, 1.807) is 25.3 Å². The van der Waals surface area contributed by atoms with Crippen LogP contribution in [0, 0.1) is 0 Å². The molecule has 0 unspecified atom stereocenters. The maximum Gasteiger partial charge on any atom is 0.251 e. The summed E-state index contributed by atoms with van der Waals surface area (Å²) in [7, 11) is 1.58. The van der Waals surface area contributed by atoms with E-state index >= 15 is 0 Å². The molecular formula is C14H17N3O2. The molecule has 1 heterocycles. The van der Waals surface area contributed by atoms with Gasteiger partial charge >= 0.3 is 0 Å². The highest BCUT2D eigenvalue weighted by molar-refractivity contribution is 5.71. The van der Waals surface area contributed by atoms with Crippen molar-refractivity contribution in [1.29, 1.82) is 0 Å². The van der Waals surface area contributed by atoms with Crippen molar-refractivity contribution >= 4 is 5.69 Å².